The summed E-state index contributed by atoms with van der Waals surface area (Å²) in [5, 5.41) is 3.34. The molecule has 6 nitrogen and oxygen atoms in total. The number of hydrogen-bond acceptors (Lipinski definition) is 4. The van der Waals surface area contributed by atoms with E-state index < -0.39 is 0 Å². The van der Waals surface area contributed by atoms with Crippen LogP contribution in [0.2, 0.25) is 0 Å². The monoisotopic (exact) mass is 351 g/mol. The number of rotatable bonds is 4. The average Bonchev–Trinajstić information content (AvgIpc) is 3.07. The fourth-order valence-corrected chi connectivity index (χ4v) is 4.02. The highest BCUT2D eigenvalue weighted by Crippen LogP contribution is 2.31. The zero-order chi connectivity index (χ0) is 18.1. The summed E-state index contributed by atoms with van der Waals surface area (Å²) in [5.74, 6) is 0. The number of fused-ring (bicyclic) bond motifs is 1. The number of nitrogens with zero attached hydrogens (tertiary/aromatic N) is 4. The molecule has 3 aromatic heterocycles. The quantitative estimate of drug-likeness (QED) is 0.785. The molecule has 6 heteroatoms. The number of piperidine rings is 1. The number of H-pyrrole nitrogens is 1. The number of nitrogens with one attached hydrogen (secondary N) is 1. The lowest BCUT2D eigenvalue weighted by Crippen LogP contribution is -2.33. The number of aromatic amines is 1. The highest BCUT2D eigenvalue weighted by atomic mass is 16.1. The summed E-state index contributed by atoms with van der Waals surface area (Å²) >= 11 is 0. The molecule has 0 unspecified atom stereocenters. The van der Waals surface area contributed by atoms with Crippen molar-refractivity contribution in [2.24, 2.45) is 0 Å². The van der Waals surface area contributed by atoms with Crippen molar-refractivity contribution in [3.05, 3.63) is 63.5 Å². The Morgan fingerprint density at radius 2 is 2.23 bits per heavy atom. The van der Waals surface area contributed by atoms with Crippen LogP contribution in [0.1, 0.15) is 54.7 Å². The van der Waals surface area contributed by atoms with Crippen LogP contribution in [0.3, 0.4) is 0 Å². The normalized spacial score (nSPS) is 18.5. The van der Waals surface area contributed by atoms with Gasteiger partial charge in [-0.1, -0.05) is 19.4 Å². The van der Waals surface area contributed by atoms with Crippen molar-refractivity contribution in [3.8, 4) is 0 Å². The van der Waals surface area contributed by atoms with Crippen LogP contribution in [0.25, 0.3) is 5.65 Å². The van der Waals surface area contributed by atoms with Crippen LogP contribution in [0.4, 0.5) is 0 Å². The molecule has 4 rings (SSSR count). The number of hydrogen-bond donors (Lipinski definition) is 1. The highest BCUT2D eigenvalue weighted by Gasteiger charge is 2.26. The summed E-state index contributed by atoms with van der Waals surface area (Å²) in [6.07, 6.45) is 7.92. The third-order valence-electron chi connectivity index (χ3n) is 5.37. The zero-order valence-corrected chi connectivity index (χ0v) is 15.4. The minimum absolute atomic E-state index is 0.0240. The van der Waals surface area contributed by atoms with E-state index in [9.17, 15) is 4.79 Å². The lowest BCUT2D eigenvalue weighted by Gasteiger charge is -2.35. The van der Waals surface area contributed by atoms with Gasteiger partial charge in [0, 0.05) is 36.3 Å². The molecule has 0 spiro atoms. The van der Waals surface area contributed by atoms with Crippen LogP contribution < -0.4 is 5.56 Å². The molecule has 1 atom stereocenters. The Morgan fingerprint density at radius 1 is 1.35 bits per heavy atom. The highest BCUT2D eigenvalue weighted by molar-refractivity contribution is 5.42. The number of aromatic nitrogens is 4. The van der Waals surface area contributed by atoms with Crippen LogP contribution >= 0.6 is 0 Å². The van der Waals surface area contributed by atoms with Crippen molar-refractivity contribution >= 4 is 5.65 Å². The van der Waals surface area contributed by atoms with Gasteiger partial charge in [0.05, 0.1) is 11.7 Å². The molecule has 0 aliphatic carbocycles. The number of likely N-dealkylation sites (tertiary alicyclic amines) is 1. The molecule has 26 heavy (non-hydrogen) atoms. The fourth-order valence-electron chi connectivity index (χ4n) is 4.02. The molecule has 1 aliphatic heterocycles. The molecular weight excluding hydrogens is 326 g/mol. The van der Waals surface area contributed by atoms with E-state index in [1.165, 1.54) is 18.4 Å². The maximum atomic E-state index is 12.7. The predicted octanol–water partition coefficient (Wildman–Crippen LogP) is 3.02. The van der Waals surface area contributed by atoms with E-state index in [1.54, 1.807) is 10.7 Å². The SMILES string of the molecule is CCc1c(C)nc2cc([C@@H]3CCCCN3Cc3cccnc3)[nH]n2c1=O. The minimum atomic E-state index is 0.0240. The Labute approximate surface area is 152 Å². The first kappa shape index (κ1) is 17.0. The molecule has 0 radical (unpaired) electrons. The van der Waals surface area contributed by atoms with E-state index in [2.05, 4.69) is 26.0 Å². The van der Waals surface area contributed by atoms with Gasteiger partial charge in [0.1, 0.15) is 0 Å². The molecule has 1 saturated heterocycles. The Balaban J connectivity index is 1.70. The van der Waals surface area contributed by atoms with Crippen molar-refractivity contribution in [1.82, 2.24) is 24.5 Å². The van der Waals surface area contributed by atoms with Crippen molar-refractivity contribution in [2.75, 3.05) is 6.54 Å². The first-order valence-electron chi connectivity index (χ1n) is 9.41. The van der Waals surface area contributed by atoms with E-state index in [0.29, 0.717) is 12.1 Å². The molecule has 4 heterocycles. The molecule has 3 aromatic rings. The van der Waals surface area contributed by atoms with Crippen LogP contribution in [0.5, 0.6) is 0 Å². The second kappa shape index (κ2) is 7.03. The Morgan fingerprint density at radius 3 is 3.00 bits per heavy atom. The summed E-state index contributed by atoms with van der Waals surface area (Å²) in [7, 11) is 0. The van der Waals surface area contributed by atoms with Gasteiger partial charge >= 0.3 is 0 Å². The topological polar surface area (TPSA) is 66.3 Å². The van der Waals surface area contributed by atoms with E-state index in [4.69, 9.17) is 0 Å². The Hall–Kier alpha value is -2.47. The van der Waals surface area contributed by atoms with Gasteiger partial charge < -0.3 is 0 Å². The third-order valence-corrected chi connectivity index (χ3v) is 5.37. The maximum absolute atomic E-state index is 12.7. The lowest BCUT2D eigenvalue weighted by molar-refractivity contribution is 0.137. The van der Waals surface area contributed by atoms with Crippen molar-refractivity contribution in [1.29, 1.82) is 0 Å². The van der Waals surface area contributed by atoms with Crippen LogP contribution in [-0.4, -0.2) is 31.0 Å². The van der Waals surface area contributed by atoms with Crippen molar-refractivity contribution in [3.63, 3.8) is 0 Å². The summed E-state index contributed by atoms with van der Waals surface area (Å²) in [6, 6.07) is 6.42. The molecular formula is C20H25N5O. The van der Waals surface area contributed by atoms with Gasteiger partial charge in [-0.2, -0.15) is 0 Å². The first-order valence-corrected chi connectivity index (χ1v) is 9.41. The van der Waals surface area contributed by atoms with E-state index >= 15 is 0 Å². The van der Waals surface area contributed by atoms with Crippen LogP contribution in [0.15, 0.2) is 35.4 Å². The smallest absolute Gasteiger partial charge is 0.276 e. The Kier molecular flexibility index (Phi) is 4.59. The molecule has 1 aliphatic rings. The van der Waals surface area contributed by atoms with Gasteiger partial charge in [0.2, 0.25) is 0 Å². The lowest BCUT2D eigenvalue weighted by atomic mass is 9.99. The zero-order valence-electron chi connectivity index (χ0n) is 15.4. The molecule has 0 aromatic carbocycles. The van der Waals surface area contributed by atoms with Gasteiger partial charge in [-0.05, 0) is 44.4 Å². The average molecular weight is 351 g/mol. The van der Waals surface area contributed by atoms with Gasteiger partial charge in [-0.15, -0.1) is 0 Å². The van der Waals surface area contributed by atoms with Crippen molar-refractivity contribution in [2.45, 2.75) is 52.1 Å². The van der Waals surface area contributed by atoms with E-state index in [1.807, 2.05) is 32.2 Å². The summed E-state index contributed by atoms with van der Waals surface area (Å²) < 4.78 is 1.61. The molecule has 1 N–H and O–H groups in total. The van der Waals surface area contributed by atoms with Crippen LogP contribution in [-0.2, 0) is 13.0 Å². The summed E-state index contributed by atoms with van der Waals surface area (Å²) in [5.41, 5.74) is 4.65. The van der Waals surface area contributed by atoms with Gasteiger partial charge in [0.25, 0.3) is 5.56 Å². The standard InChI is InChI=1S/C20H25N5O/c1-3-16-14(2)22-19-11-17(23-25(19)20(16)26)18-8-4-5-10-24(18)13-15-7-6-9-21-12-15/h6-7,9,11-12,18,23H,3-5,8,10,13H2,1-2H3/t18-/m0/s1. The predicted molar refractivity (Wildman–Crippen MR) is 101 cm³/mol. The third kappa shape index (κ3) is 3.05. The summed E-state index contributed by atoms with van der Waals surface area (Å²) in [4.78, 5) is 24.1. The molecule has 136 valence electrons. The fraction of sp³-hybridized carbons (Fsp3) is 0.450. The van der Waals surface area contributed by atoms with Crippen molar-refractivity contribution < 1.29 is 0 Å². The first-order chi connectivity index (χ1) is 12.7. The second-order valence-corrected chi connectivity index (χ2v) is 7.08. The van der Waals surface area contributed by atoms with Gasteiger partial charge in [-0.3, -0.25) is 19.8 Å². The largest absolute Gasteiger partial charge is 0.292 e. The van der Waals surface area contributed by atoms with Gasteiger partial charge in [0.15, 0.2) is 5.65 Å². The van der Waals surface area contributed by atoms with E-state index in [0.717, 1.165) is 36.5 Å². The van der Waals surface area contributed by atoms with Gasteiger partial charge in [-0.25, -0.2) is 9.50 Å². The molecule has 0 amide bonds. The second-order valence-electron chi connectivity index (χ2n) is 7.08. The summed E-state index contributed by atoms with van der Waals surface area (Å²) in [6.45, 7) is 5.84. The molecule has 0 saturated carbocycles. The van der Waals surface area contributed by atoms with E-state index in [-0.39, 0.29) is 11.6 Å². The Bertz CT molecular complexity index is 959. The maximum Gasteiger partial charge on any atom is 0.276 e. The minimum Gasteiger partial charge on any atom is -0.292 e. The number of pyridine rings is 1. The number of aryl methyl sites for hydroxylation is 1. The molecule has 0 bridgehead atoms. The van der Waals surface area contributed by atoms with Crippen LogP contribution in [0, 0.1) is 6.92 Å². The molecule has 1 fully saturated rings.